The third-order valence-corrected chi connectivity index (χ3v) is 5.37. The first-order chi connectivity index (χ1) is 17.1. The summed E-state index contributed by atoms with van der Waals surface area (Å²) < 4.78 is 28.7. The van der Waals surface area contributed by atoms with Crippen LogP contribution in [0.2, 0.25) is 0 Å². The van der Waals surface area contributed by atoms with Crippen LogP contribution in [0.5, 0.6) is 5.75 Å². The average Bonchev–Trinajstić information content (AvgIpc) is 2.80. The molecule has 11 nitrogen and oxygen atoms in total. The average molecular weight is 510 g/mol. The number of nitrogens with two attached hydrogens (primary N) is 1. The summed E-state index contributed by atoms with van der Waals surface area (Å²) in [6, 6.07) is 4.01. The highest BCUT2D eigenvalue weighted by Crippen LogP contribution is 2.32. The number of carbonyl (C=O) groups is 4. The first kappa shape index (κ1) is 28.9. The van der Waals surface area contributed by atoms with E-state index in [2.05, 4.69) is 0 Å². The van der Waals surface area contributed by atoms with Gasteiger partial charge in [-0.15, -0.1) is 0 Å². The Kier molecular flexibility index (Phi) is 11.0. The van der Waals surface area contributed by atoms with E-state index in [9.17, 15) is 24.3 Å². The van der Waals surface area contributed by atoms with E-state index in [4.69, 9.17) is 29.4 Å². The van der Waals surface area contributed by atoms with E-state index in [1.54, 1.807) is 20.8 Å². The second-order valence-electron chi connectivity index (χ2n) is 8.50. The minimum Gasteiger partial charge on any atom is -0.478 e. The highest BCUT2D eigenvalue weighted by Gasteiger charge is 2.52. The van der Waals surface area contributed by atoms with Crippen molar-refractivity contribution in [3.8, 4) is 5.75 Å². The molecule has 36 heavy (non-hydrogen) atoms. The molecule has 2 rings (SSSR count). The Bertz CT molecular complexity index is 933. The van der Waals surface area contributed by atoms with Crippen molar-refractivity contribution in [2.45, 2.75) is 96.9 Å². The Morgan fingerprint density at radius 2 is 1.36 bits per heavy atom. The van der Waals surface area contributed by atoms with Crippen LogP contribution < -0.4 is 10.5 Å². The Hall–Kier alpha value is -3.34. The summed E-state index contributed by atoms with van der Waals surface area (Å²) in [5.74, 6) is -3.11. The molecule has 5 atom stereocenters. The third kappa shape index (κ3) is 7.84. The lowest BCUT2D eigenvalue weighted by atomic mass is 9.98. The molecule has 1 fully saturated rings. The monoisotopic (exact) mass is 509 g/mol. The second kappa shape index (κ2) is 13.7. The summed E-state index contributed by atoms with van der Waals surface area (Å²) in [5, 5.41) is 9.59. The molecule has 1 heterocycles. The van der Waals surface area contributed by atoms with Crippen molar-refractivity contribution in [1.29, 1.82) is 0 Å². The Balaban J connectivity index is 2.49. The molecule has 1 aromatic rings. The van der Waals surface area contributed by atoms with Gasteiger partial charge < -0.3 is 34.5 Å². The first-order valence-corrected chi connectivity index (χ1v) is 12.1. The van der Waals surface area contributed by atoms with Gasteiger partial charge in [0, 0.05) is 24.9 Å². The van der Waals surface area contributed by atoms with Crippen LogP contribution in [-0.2, 0) is 33.3 Å². The fraction of sp³-hybridized carbons (Fsp3) is 0.600. The summed E-state index contributed by atoms with van der Waals surface area (Å²) in [6.07, 6.45) is -4.09. The minimum atomic E-state index is -1.37. The molecular weight excluding hydrogens is 474 g/mol. The van der Waals surface area contributed by atoms with Gasteiger partial charge in [-0.1, -0.05) is 20.8 Å². The van der Waals surface area contributed by atoms with Crippen molar-refractivity contribution in [3.05, 3.63) is 23.8 Å². The summed E-state index contributed by atoms with van der Waals surface area (Å²) >= 11 is 0. The minimum absolute atomic E-state index is 0.0664. The lowest BCUT2D eigenvalue weighted by Crippen LogP contribution is -2.62. The van der Waals surface area contributed by atoms with Crippen LogP contribution in [0.15, 0.2) is 18.2 Å². The molecule has 0 radical (unpaired) electrons. The van der Waals surface area contributed by atoms with Gasteiger partial charge in [0.15, 0.2) is 12.2 Å². The molecule has 0 spiro atoms. The molecule has 0 bridgehead atoms. The van der Waals surface area contributed by atoms with Crippen LogP contribution in [0.25, 0.3) is 0 Å². The zero-order valence-electron chi connectivity index (χ0n) is 21.1. The molecule has 1 aromatic carbocycles. The van der Waals surface area contributed by atoms with Crippen molar-refractivity contribution >= 4 is 29.6 Å². The summed E-state index contributed by atoms with van der Waals surface area (Å²) in [5.41, 5.74) is 5.69. The topological polar surface area (TPSA) is 161 Å². The van der Waals surface area contributed by atoms with Crippen molar-refractivity contribution in [2.24, 2.45) is 0 Å². The number of anilines is 1. The van der Waals surface area contributed by atoms with E-state index in [0.717, 1.165) is 0 Å². The number of carboxylic acid groups (broad SMARTS) is 1. The Labute approximate surface area is 210 Å². The van der Waals surface area contributed by atoms with Gasteiger partial charge in [-0.3, -0.25) is 14.4 Å². The van der Waals surface area contributed by atoms with Crippen molar-refractivity contribution in [1.82, 2.24) is 0 Å². The van der Waals surface area contributed by atoms with Crippen LogP contribution in [0.3, 0.4) is 0 Å². The molecule has 0 aromatic heterocycles. The smallest absolute Gasteiger partial charge is 0.339 e. The number of esters is 3. The number of rotatable bonds is 12. The van der Waals surface area contributed by atoms with E-state index in [1.807, 2.05) is 6.92 Å². The van der Waals surface area contributed by atoms with E-state index < -0.39 is 54.6 Å². The third-order valence-electron chi connectivity index (χ3n) is 5.37. The lowest BCUT2D eigenvalue weighted by Gasteiger charge is -2.43. The number of aromatic carboxylic acids is 1. The number of carboxylic acids is 1. The molecular formula is C25H35NO10. The molecule has 0 unspecified atom stereocenters. The first-order valence-electron chi connectivity index (χ1n) is 12.1. The van der Waals surface area contributed by atoms with E-state index in [0.29, 0.717) is 19.3 Å². The molecule has 200 valence electrons. The van der Waals surface area contributed by atoms with Gasteiger partial charge in [-0.05, 0) is 44.4 Å². The van der Waals surface area contributed by atoms with Gasteiger partial charge >= 0.3 is 23.9 Å². The van der Waals surface area contributed by atoms with Crippen LogP contribution in [-0.4, -0.2) is 59.7 Å². The number of carbonyl (C=O) groups excluding carboxylic acids is 3. The van der Waals surface area contributed by atoms with Crippen molar-refractivity contribution in [2.75, 3.05) is 5.73 Å². The maximum Gasteiger partial charge on any atom is 0.339 e. The predicted octanol–water partition coefficient (Wildman–Crippen LogP) is 3.23. The Morgan fingerprint density at radius 3 is 1.86 bits per heavy atom. The van der Waals surface area contributed by atoms with Gasteiger partial charge in [0.25, 0.3) is 0 Å². The van der Waals surface area contributed by atoms with Gasteiger partial charge in [-0.25, -0.2) is 4.79 Å². The zero-order valence-corrected chi connectivity index (χ0v) is 21.1. The molecule has 0 saturated carbocycles. The van der Waals surface area contributed by atoms with Crippen LogP contribution in [0.1, 0.15) is 76.6 Å². The summed E-state index contributed by atoms with van der Waals surface area (Å²) in [7, 11) is 0. The van der Waals surface area contributed by atoms with Gasteiger partial charge in [0.05, 0.1) is 6.10 Å². The lowest BCUT2D eigenvalue weighted by molar-refractivity contribution is -0.281. The SMILES string of the molecule is CCCC(=O)O[C@H]1[C@H](OC(=O)CCC)[C@@H](Oc2ccc(N)cc2C(=O)O)O[C@@H](C)[C@H]1OC(=O)CCC. The van der Waals surface area contributed by atoms with E-state index in [-0.39, 0.29) is 36.3 Å². The molecule has 11 heteroatoms. The fourth-order valence-electron chi connectivity index (χ4n) is 3.68. The molecule has 3 N–H and O–H groups in total. The maximum atomic E-state index is 12.5. The molecule has 0 amide bonds. The molecule has 1 saturated heterocycles. The fourth-order valence-corrected chi connectivity index (χ4v) is 3.68. The van der Waals surface area contributed by atoms with E-state index >= 15 is 0 Å². The predicted molar refractivity (Wildman–Crippen MR) is 127 cm³/mol. The zero-order chi connectivity index (χ0) is 26.8. The van der Waals surface area contributed by atoms with Crippen LogP contribution in [0.4, 0.5) is 5.69 Å². The number of benzene rings is 1. The molecule has 1 aliphatic heterocycles. The Morgan fingerprint density at radius 1 is 0.861 bits per heavy atom. The number of hydrogen-bond acceptors (Lipinski definition) is 10. The molecule has 0 aliphatic carbocycles. The number of nitrogen functional groups attached to an aromatic ring is 1. The maximum absolute atomic E-state index is 12.5. The standard InChI is InChI=1S/C25H35NO10/c1-5-8-18(27)34-21-14(4)32-25(33-17-12-11-15(26)13-16(17)24(30)31)23(36-20(29)10-7-3)22(21)35-19(28)9-6-2/h11-14,21-23,25H,5-10,26H2,1-4H3,(H,30,31)/t14-,21+,22+,23-,25+/m0/s1. The summed E-state index contributed by atoms with van der Waals surface area (Å²) in [4.78, 5) is 49.1. The van der Waals surface area contributed by atoms with Crippen LogP contribution >= 0.6 is 0 Å². The number of ether oxygens (including phenoxy) is 5. The van der Waals surface area contributed by atoms with Crippen LogP contribution in [0, 0.1) is 0 Å². The highest BCUT2D eigenvalue weighted by molar-refractivity contribution is 5.92. The second-order valence-corrected chi connectivity index (χ2v) is 8.50. The van der Waals surface area contributed by atoms with Gasteiger partial charge in [0.2, 0.25) is 12.4 Å². The normalized spacial score (nSPS) is 23.4. The van der Waals surface area contributed by atoms with Gasteiger partial charge in [0.1, 0.15) is 11.3 Å². The van der Waals surface area contributed by atoms with Crippen molar-refractivity contribution < 1.29 is 48.0 Å². The largest absolute Gasteiger partial charge is 0.478 e. The highest BCUT2D eigenvalue weighted by atomic mass is 16.7. The van der Waals surface area contributed by atoms with Gasteiger partial charge in [-0.2, -0.15) is 0 Å². The number of hydrogen-bond donors (Lipinski definition) is 2. The van der Waals surface area contributed by atoms with Crippen molar-refractivity contribution in [3.63, 3.8) is 0 Å². The molecule has 1 aliphatic rings. The quantitative estimate of drug-likeness (QED) is 0.242. The summed E-state index contributed by atoms with van der Waals surface area (Å²) in [6.45, 7) is 6.99. The van der Waals surface area contributed by atoms with E-state index in [1.165, 1.54) is 18.2 Å².